The summed E-state index contributed by atoms with van der Waals surface area (Å²) in [6.07, 6.45) is 2.35. The van der Waals surface area contributed by atoms with Crippen LogP contribution in [0.25, 0.3) is 0 Å². The number of carbonyl (C=O) groups excluding carboxylic acids is 1. The van der Waals surface area contributed by atoms with Gasteiger partial charge in [-0.1, -0.05) is 12.1 Å². The molecule has 4 nitrogen and oxygen atoms in total. The van der Waals surface area contributed by atoms with Gasteiger partial charge in [0.05, 0.1) is 5.56 Å². The number of thiophene rings is 1. The Morgan fingerprint density at radius 3 is 2.79 bits per heavy atom. The molecule has 1 saturated heterocycles. The van der Waals surface area contributed by atoms with Crippen LogP contribution in [0, 0.1) is 6.92 Å². The lowest BCUT2D eigenvalue weighted by atomic mass is 10.1. The highest BCUT2D eigenvalue weighted by Crippen LogP contribution is 2.26. The number of para-hydroxylation sites is 1. The zero-order chi connectivity index (χ0) is 16.5. The molecule has 0 bridgehead atoms. The number of nitrogens with zero attached hydrogens (tertiary/aromatic N) is 1. The summed E-state index contributed by atoms with van der Waals surface area (Å²) >= 11 is 1.81. The van der Waals surface area contributed by atoms with Gasteiger partial charge in [-0.3, -0.25) is 9.69 Å². The third kappa shape index (κ3) is 3.47. The van der Waals surface area contributed by atoms with Gasteiger partial charge in [0.1, 0.15) is 11.9 Å². The van der Waals surface area contributed by atoms with E-state index in [0.29, 0.717) is 17.4 Å². The van der Waals surface area contributed by atoms with Gasteiger partial charge in [-0.05, 0) is 48.9 Å². The molecule has 0 atom stereocenters. The Labute approximate surface area is 146 Å². The van der Waals surface area contributed by atoms with Gasteiger partial charge in [0.15, 0.2) is 0 Å². The van der Waals surface area contributed by atoms with Crippen molar-refractivity contribution in [2.24, 2.45) is 0 Å². The maximum Gasteiger partial charge on any atom is 0.255 e. The first kappa shape index (κ1) is 15.7. The van der Waals surface area contributed by atoms with Crippen molar-refractivity contribution in [3.63, 3.8) is 0 Å². The van der Waals surface area contributed by atoms with Crippen LogP contribution in [0.5, 0.6) is 5.75 Å². The van der Waals surface area contributed by atoms with Crippen LogP contribution in [0.3, 0.4) is 0 Å². The van der Waals surface area contributed by atoms with Gasteiger partial charge >= 0.3 is 0 Å². The van der Waals surface area contributed by atoms with Crippen molar-refractivity contribution in [1.29, 1.82) is 0 Å². The molecular weight excluding hydrogens is 320 g/mol. The molecule has 1 N–H and O–H groups in total. The zero-order valence-corrected chi connectivity index (χ0v) is 14.6. The fourth-order valence-corrected chi connectivity index (χ4v) is 3.87. The van der Waals surface area contributed by atoms with E-state index in [-0.39, 0.29) is 12.0 Å². The van der Waals surface area contributed by atoms with Crippen molar-refractivity contribution >= 4 is 17.2 Å². The normalized spacial score (nSPS) is 18.2. The summed E-state index contributed by atoms with van der Waals surface area (Å²) in [6.45, 7) is 4.98. The molecule has 2 heterocycles. The van der Waals surface area contributed by atoms with E-state index in [1.165, 1.54) is 10.4 Å². The molecule has 0 spiro atoms. The van der Waals surface area contributed by atoms with E-state index >= 15 is 0 Å². The molecule has 24 heavy (non-hydrogen) atoms. The second-order valence-electron chi connectivity index (χ2n) is 6.70. The number of aryl methyl sites for hydroxylation is 1. The second-order valence-corrected chi connectivity index (χ2v) is 7.71. The smallest absolute Gasteiger partial charge is 0.255 e. The minimum atomic E-state index is -0.0153. The van der Waals surface area contributed by atoms with E-state index in [0.717, 1.165) is 32.5 Å². The van der Waals surface area contributed by atoms with Crippen LogP contribution in [0.1, 0.15) is 33.6 Å². The number of hydrogen-bond donors (Lipinski definition) is 1. The molecule has 126 valence electrons. The average Bonchev–Trinajstić information content (AvgIpc) is 3.26. The summed E-state index contributed by atoms with van der Waals surface area (Å²) in [5, 5.41) is 5.18. The molecular formula is C19H22N2O2S. The number of ether oxygens (including phenoxy) is 1. The van der Waals surface area contributed by atoms with Crippen LogP contribution in [0.2, 0.25) is 0 Å². The molecule has 1 aliphatic carbocycles. The lowest BCUT2D eigenvalue weighted by Crippen LogP contribution is -2.53. The van der Waals surface area contributed by atoms with Crippen LogP contribution in [-0.2, 0) is 6.54 Å². The molecule has 1 amide bonds. The summed E-state index contributed by atoms with van der Waals surface area (Å²) in [4.78, 5) is 16.1. The van der Waals surface area contributed by atoms with E-state index in [9.17, 15) is 4.79 Å². The Hall–Kier alpha value is -1.85. The van der Waals surface area contributed by atoms with Gasteiger partial charge in [-0.15, -0.1) is 11.3 Å². The van der Waals surface area contributed by atoms with E-state index in [4.69, 9.17) is 4.74 Å². The minimum absolute atomic E-state index is 0.0153. The fourth-order valence-electron chi connectivity index (χ4n) is 2.92. The Morgan fingerprint density at radius 2 is 2.08 bits per heavy atom. The van der Waals surface area contributed by atoms with Gasteiger partial charge in [0, 0.05) is 30.6 Å². The Morgan fingerprint density at radius 1 is 1.29 bits per heavy atom. The van der Waals surface area contributed by atoms with Gasteiger partial charge in [0.2, 0.25) is 0 Å². The Bertz CT molecular complexity index is 732. The predicted molar refractivity (Wildman–Crippen MR) is 95.7 cm³/mol. The number of hydrogen-bond acceptors (Lipinski definition) is 4. The van der Waals surface area contributed by atoms with E-state index < -0.39 is 0 Å². The van der Waals surface area contributed by atoms with E-state index in [1.54, 1.807) is 0 Å². The average molecular weight is 342 g/mol. The molecule has 5 heteroatoms. The standard InChI is InChI=1S/C19H22N2O2S/c1-13-8-9-24-18(13)12-21-10-15(11-21)23-17-5-3-2-4-16(17)19(22)20-14-6-7-14/h2-5,8-9,14-15H,6-7,10-12H2,1H3,(H,20,22). The van der Waals surface area contributed by atoms with Crippen LogP contribution in [0.4, 0.5) is 0 Å². The van der Waals surface area contributed by atoms with Crippen molar-refractivity contribution in [1.82, 2.24) is 10.2 Å². The van der Waals surface area contributed by atoms with Crippen LogP contribution in [0.15, 0.2) is 35.7 Å². The number of carbonyl (C=O) groups is 1. The van der Waals surface area contributed by atoms with Crippen molar-refractivity contribution in [3.8, 4) is 5.75 Å². The highest BCUT2D eigenvalue weighted by Gasteiger charge is 2.30. The molecule has 1 saturated carbocycles. The van der Waals surface area contributed by atoms with Crippen molar-refractivity contribution in [2.45, 2.75) is 38.5 Å². The number of benzene rings is 1. The van der Waals surface area contributed by atoms with Crippen LogP contribution >= 0.6 is 11.3 Å². The van der Waals surface area contributed by atoms with Gasteiger partial charge in [0.25, 0.3) is 5.91 Å². The third-order valence-electron chi connectivity index (χ3n) is 4.60. The number of nitrogens with one attached hydrogen (secondary N) is 1. The highest BCUT2D eigenvalue weighted by molar-refractivity contribution is 7.10. The molecule has 0 unspecified atom stereocenters. The summed E-state index contributed by atoms with van der Waals surface area (Å²) in [6, 6.07) is 10.1. The first-order valence-electron chi connectivity index (χ1n) is 8.51. The number of likely N-dealkylation sites (tertiary alicyclic amines) is 1. The Kier molecular flexibility index (Phi) is 4.29. The quantitative estimate of drug-likeness (QED) is 0.876. The summed E-state index contributed by atoms with van der Waals surface area (Å²) in [5.74, 6) is 0.686. The zero-order valence-electron chi connectivity index (χ0n) is 13.8. The van der Waals surface area contributed by atoms with Crippen LogP contribution in [-0.4, -0.2) is 36.0 Å². The monoisotopic (exact) mass is 342 g/mol. The third-order valence-corrected chi connectivity index (χ3v) is 5.60. The SMILES string of the molecule is Cc1ccsc1CN1CC(Oc2ccccc2C(=O)NC2CC2)C1. The maximum atomic E-state index is 12.3. The fraction of sp³-hybridized carbons (Fsp3) is 0.421. The van der Waals surface area contributed by atoms with Crippen LogP contribution < -0.4 is 10.1 Å². The van der Waals surface area contributed by atoms with Crippen molar-refractivity contribution in [2.75, 3.05) is 13.1 Å². The molecule has 1 aliphatic heterocycles. The largest absolute Gasteiger partial charge is 0.487 e. The first-order chi connectivity index (χ1) is 11.7. The summed E-state index contributed by atoms with van der Waals surface area (Å²) < 4.78 is 6.09. The van der Waals surface area contributed by atoms with E-state index in [2.05, 4.69) is 28.6 Å². The van der Waals surface area contributed by atoms with Gasteiger partial charge < -0.3 is 10.1 Å². The first-order valence-corrected chi connectivity index (χ1v) is 9.39. The number of rotatable bonds is 6. The molecule has 1 aromatic carbocycles. The predicted octanol–water partition coefficient (Wildman–Crippen LogP) is 3.21. The van der Waals surface area contributed by atoms with Gasteiger partial charge in [-0.25, -0.2) is 0 Å². The molecule has 4 rings (SSSR count). The summed E-state index contributed by atoms with van der Waals surface area (Å²) in [7, 11) is 0. The lowest BCUT2D eigenvalue weighted by molar-refractivity contribution is 0.0146. The van der Waals surface area contributed by atoms with Crippen molar-refractivity contribution < 1.29 is 9.53 Å². The molecule has 2 aliphatic rings. The molecule has 0 radical (unpaired) electrons. The summed E-state index contributed by atoms with van der Waals surface area (Å²) in [5.41, 5.74) is 2.02. The number of amides is 1. The molecule has 1 aromatic heterocycles. The second kappa shape index (κ2) is 6.57. The lowest BCUT2D eigenvalue weighted by Gasteiger charge is -2.39. The Balaban J connectivity index is 1.33. The highest BCUT2D eigenvalue weighted by atomic mass is 32.1. The topological polar surface area (TPSA) is 41.6 Å². The molecule has 2 fully saturated rings. The van der Waals surface area contributed by atoms with Gasteiger partial charge in [-0.2, -0.15) is 0 Å². The van der Waals surface area contributed by atoms with E-state index in [1.807, 2.05) is 35.6 Å². The minimum Gasteiger partial charge on any atom is -0.487 e. The van der Waals surface area contributed by atoms with Crippen molar-refractivity contribution in [3.05, 3.63) is 51.7 Å². The maximum absolute atomic E-state index is 12.3. The molecule has 2 aromatic rings.